The van der Waals surface area contributed by atoms with Crippen molar-refractivity contribution in [3.8, 4) is 0 Å². The van der Waals surface area contributed by atoms with Crippen LogP contribution in [0.5, 0.6) is 0 Å². The molecule has 0 aliphatic heterocycles. The highest BCUT2D eigenvalue weighted by atomic mass is 16.4. The topological polar surface area (TPSA) is 26.3 Å². The van der Waals surface area contributed by atoms with Crippen LogP contribution in [0.15, 0.2) is 48.5 Å². The molecule has 0 saturated heterocycles. The zero-order chi connectivity index (χ0) is 17.4. The fourth-order valence-electron chi connectivity index (χ4n) is 1.29. The van der Waals surface area contributed by atoms with E-state index in [9.17, 15) is 4.79 Å². The van der Waals surface area contributed by atoms with Gasteiger partial charge in [-0.1, -0.05) is 79.0 Å². The summed E-state index contributed by atoms with van der Waals surface area (Å²) in [5.41, 5.74) is 3.99. The number of carbonyl (C=O) groups is 1. The second kappa shape index (κ2) is 15.5. The molecular weight excluding hydrogens is 271 g/mol. The van der Waals surface area contributed by atoms with Crippen LogP contribution in [-0.4, -0.2) is 28.4 Å². The second-order valence-electron chi connectivity index (χ2n) is 4.30. The molecule has 0 aromatic heterocycles. The van der Waals surface area contributed by atoms with Gasteiger partial charge in [-0.25, -0.2) is 0 Å². The van der Waals surface area contributed by atoms with Gasteiger partial charge in [-0.05, 0) is 13.8 Å². The summed E-state index contributed by atoms with van der Waals surface area (Å²) >= 11 is 0. The first kappa shape index (κ1) is 22.4. The molecule has 0 atom stereocenters. The van der Waals surface area contributed by atoms with Gasteiger partial charge in [0, 0.05) is 19.8 Å². The molecule has 3 heteroatoms. The highest BCUT2D eigenvalue weighted by Crippen LogP contribution is 1.96. The Morgan fingerprint density at radius 3 is 1.77 bits per heavy atom. The van der Waals surface area contributed by atoms with Gasteiger partial charge in [0.1, 0.15) is 14.1 Å². The Kier molecular flexibility index (Phi) is 15.8. The Morgan fingerprint density at radius 1 is 0.955 bits per heavy atom. The molecule has 2 aromatic carbocycles. The number of hydrogen-bond donors (Lipinski definition) is 0. The van der Waals surface area contributed by atoms with E-state index in [1.54, 1.807) is 26.4 Å². The first-order valence-corrected chi connectivity index (χ1v) is 7.28. The predicted octanol–water partition coefficient (Wildman–Crippen LogP) is 3.89. The number of methoxy groups -OCH3 is 1. The Hall–Kier alpha value is -1.87. The molecule has 2 aromatic rings. The smallest absolute Gasteiger partial charge is 0.150 e. The molecule has 0 aliphatic rings. The van der Waals surface area contributed by atoms with Crippen LogP contribution >= 0.6 is 0 Å². The molecule has 0 saturated carbocycles. The van der Waals surface area contributed by atoms with Crippen LogP contribution in [0.25, 0.3) is 0 Å². The van der Waals surface area contributed by atoms with E-state index in [-0.39, 0.29) is 0 Å². The van der Waals surface area contributed by atoms with E-state index in [4.69, 9.17) is 7.85 Å². The zero-order valence-electron chi connectivity index (χ0n) is 14.6. The summed E-state index contributed by atoms with van der Waals surface area (Å²) in [6, 6.07) is 15.2. The largest absolute Gasteiger partial charge is 0.388 e. The monoisotopic (exact) mass is 298 g/mol. The van der Waals surface area contributed by atoms with Crippen LogP contribution in [0, 0.1) is 13.8 Å². The average Bonchev–Trinajstić information content (AvgIpc) is 2.55. The van der Waals surface area contributed by atoms with Crippen molar-refractivity contribution in [1.82, 2.24) is 0 Å². The van der Waals surface area contributed by atoms with Gasteiger partial charge in [-0.15, -0.1) is 0 Å². The zero-order valence-corrected chi connectivity index (χ0v) is 14.6. The SMILES string of the molecule is CC.COC.O=Cc1ccccc1.[B]c1cc(C)ccc1C. The molecule has 118 valence electrons. The summed E-state index contributed by atoms with van der Waals surface area (Å²) in [4.78, 5) is 10.0. The van der Waals surface area contributed by atoms with Crippen molar-refractivity contribution in [2.45, 2.75) is 27.7 Å². The van der Waals surface area contributed by atoms with Crippen molar-refractivity contribution in [3.05, 3.63) is 65.2 Å². The number of hydrogen-bond acceptors (Lipinski definition) is 2. The quantitative estimate of drug-likeness (QED) is 0.590. The lowest BCUT2D eigenvalue weighted by atomic mass is 9.90. The van der Waals surface area contributed by atoms with Crippen molar-refractivity contribution >= 4 is 19.6 Å². The van der Waals surface area contributed by atoms with Crippen LogP contribution in [-0.2, 0) is 4.74 Å². The number of carbonyl (C=O) groups excluding carboxylic acids is 1. The van der Waals surface area contributed by atoms with Crippen molar-refractivity contribution in [3.63, 3.8) is 0 Å². The second-order valence-corrected chi connectivity index (χ2v) is 4.30. The van der Waals surface area contributed by atoms with Gasteiger partial charge in [-0.2, -0.15) is 0 Å². The third-order valence-corrected chi connectivity index (χ3v) is 2.37. The molecule has 2 nitrogen and oxygen atoms in total. The minimum atomic E-state index is 0.729. The maximum Gasteiger partial charge on any atom is 0.150 e. The first-order valence-electron chi connectivity index (χ1n) is 7.28. The maximum atomic E-state index is 10.0. The number of rotatable bonds is 1. The van der Waals surface area contributed by atoms with Crippen LogP contribution < -0.4 is 5.46 Å². The van der Waals surface area contributed by atoms with E-state index in [1.807, 2.05) is 58.0 Å². The van der Waals surface area contributed by atoms with Crippen molar-refractivity contribution in [2.75, 3.05) is 14.2 Å². The molecule has 0 bridgehead atoms. The van der Waals surface area contributed by atoms with Crippen LogP contribution in [0.3, 0.4) is 0 Å². The molecule has 2 radical (unpaired) electrons. The van der Waals surface area contributed by atoms with Gasteiger partial charge in [0.2, 0.25) is 0 Å². The molecule has 0 fully saturated rings. The fraction of sp³-hybridized carbons (Fsp3) is 0.316. The fourth-order valence-corrected chi connectivity index (χ4v) is 1.29. The van der Waals surface area contributed by atoms with Gasteiger partial charge < -0.3 is 4.74 Å². The third-order valence-electron chi connectivity index (χ3n) is 2.37. The molecule has 0 aliphatic carbocycles. The highest BCUT2D eigenvalue weighted by molar-refractivity contribution is 6.33. The Morgan fingerprint density at radius 2 is 1.45 bits per heavy atom. The van der Waals surface area contributed by atoms with Gasteiger partial charge in [0.15, 0.2) is 0 Å². The lowest BCUT2D eigenvalue weighted by Crippen LogP contribution is -2.06. The van der Waals surface area contributed by atoms with E-state index in [1.165, 1.54) is 5.56 Å². The lowest BCUT2D eigenvalue weighted by Gasteiger charge is -1.98. The normalized spacial score (nSPS) is 8.09. The molecule has 0 amide bonds. The summed E-state index contributed by atoms with van der Waals surface area (Å²) < 4.78 is 4.25. The summed E-state index contributed by atoms with van der Waals surface area (Å²) in [6.07, 6.45) is 0.833. The minimum Gasteiger partial charge on any atom is -0.388 e. The van der Waals surface area contributed by atoms with Gasteiger partial charge in [0.05, 0.1) is 0 Å². The first-order chi connectivity index (χ1) is 10.5. The summed E-state index contributed by atoms with van der Waals surface area (Å²) in [6.45, 7) is 8.05. The van der Waals surface area contributed by atoms with E-state index in [2.05, 4.69) is 10.8 Å². The Labute approximate surface area is 136 Å². The van der Waals surface area contributed by atoms with E-state index in [0.717, 1.165) is 22.9 Å². The molecule has 22 heavy (non-hydrogen) atoms. The number of benzene rings is 2. The molecule has 0 heterocycles. The number of ether oxygens (including phenoxy) is 1. The maximum absolute atomic E-state index is 10.0. The van der Waals surface area contributed by atoms with Crippen molar-refractivity contribution < 1.29 is 9.53 Å². The Bertz CT molecular complexity index is 496. The molecule has 0 N–H and O–H groups in total. The van der Waals surface area contributed by atoms with Crippen molar-refractivity contribution in [2.24, 2.45) is 0 Å². The standard InChI is InChI=1S/C8H9B.C7H6O.C2H6O.C2H6/c1-6-3-4-7(2)8(9)5-6;8-6-7-4-2-1-3-5-7;1-3-2;1-2/h3-5H,1-2H3;1-6H;1-2H3;1-2H3. The number of aryl methyl sites for hydroxylation is 2. The summed E-state index contributed by atoms with van der Waals surface area (Å²) in [5, 5.41) is 0. The summed E-state index contributed by atoms with van der Waals surface area (Å²) in [5.74, 6) is 0. The third kappa shape index (κ3) is 11.9. The van der Waals surface area contributed by atoms with Crippen LogP contribution in [0.2, 0.25) is 0 Å². The average molecular weight is 298 g/mol. The predicted molar refractivity (Wildman–Crippen MR) is 97.4 cm³/mol. The van der Waals surface area contributed by atoms with E-state index >= 15 is 0 Å². The highest BCUT2D eigenvalue weighted by Gasteiger charge is 1.88. The van der Waals surface area contributed by atoms with Crippen LogP contribution in [0.1, 0.15) is 35.3 Å². The number of aldehydes is 1. The molecule has 2 rings (SSSR count). The van der Waals surface area contributed by atoms with Gasteiger partial charge in [-0.3, -0.25) is 4.79 Å². The molecular formula is C19H27BO2. The minimum absolute atomic E-state index is 0.729. The van der Waals surface area contributed by atoms with E-state index in [0.29, 0.717) is 0 Å². The summed E-state index contributed by atoms with van der Waals surface area (Å²) in [7, 11) is 8.87. The van der Waals surface area contributed by atoms with E-state index < -0.39 is 0 Å². The Balaban J connectivity index is 0. The molecule has 0 spiro atoms. The van der Waals surface area contributed by atoms with Gasteiger partial charge in [0.25, 0.3) is 0 Å². The van der Waals surface area contributed by atoms with Crippen molar-refractivity contribution in [1.29, 1.82) is 0 Å². The van der Waals surface area contributed by atoms with Gasteiger partial charge >= 0.3 is 0 Å². The lowest BCUT2D eigenvalue weighted by molar-refractivity contribution is 0.112. The van der Waals surface area contributed by atoms with Crippen LogP contribution in [0.4, 0.5) is 0 Å². The molecule has 0 unspecified atom stereocenters.